The summed E-state index contributed by atoms with van der Waals surface area (Å²) >= 11 is 1.49. The van der Waals surface area contributed by atoms with Gasteiger partial charge in [0.2, 0.25) is 5.91 Å². The SMILES string of the molecule is CC(=O)N(Cc1ccccc1)c1nc(-c2c[nH]c3ccccc23)cs1. The van der Waals surface area contributed by atoms with Gasteiger partial charge in [0.25, 0.3) is 0 Å². The van der Waals surface area contributed by atoms with Crippen molar-refractivity contribution in [3.05, 3.63) is 71.7 Å². The van der Waals surface area contributed by atoms with E-state index in [9.17, 15) is 4.79 Å². The normalized spacial score (nSPS) is 10.9. The minimum Gasteiger partial charge on any atom is -0.360 e. The highest BCUT2D eigenvalue weighted by Crippen LogP contribution is 2.32. The number of thiazole rings is 1. The Bertz CT molecular complexity index is 1020. The average molecular weight is 347 g/mol. The maximum atomic E-state index is 12.1. The number of rotatable bonds is 4. The summed E-state index contributed by atoms with van der Waals surface area (Å²) in [5.41, 5.74) is 4.11. The molecule has 0 atom stereocenters. The van der Waals surface area contributed by atoms with Crippen molar-refractivity contribution < 1.29 is 4.79 Å². The van der Waals surface area contributed by atoms with Gasteiger partial charge in [-0.25, -0.2) is 4.98 Å². The summed E-state index contributed by atoms with van der Waals surface area (Å²) in [6.07, 6.45) is 1.97. The minimum absolute atomic E-state index is 0.0105. The van der Waals surface area contributed by atoms with E-state index in [1.807, 2.05) is 60.1 Å². The van der Waals surface area contributed by atoms with E-state index in [1.165, 1.54) is 11.3 Å². The zero-order chi connectivity index (χ0) is 17.2. The molecule has 0 unspecified atom stereocenters. The monoisotopic (exact) mass is 347 g/mol. The second kappa shape index (κ2) is 6.53. The highest BCUT2D eigenvalue weighted by molar-refractivity contribution is 7.14. The lowest BCUT2D eigenvalue weighted by atomic mass is 10.1. The van der Waals surface area contributed by atoms with Crippen LogP contribution in [-0.2, 0) is 11.3 Å². The highest BCUT2D eigenvalue weighted by Gasteiger charge is 2.17. The Labute approximate surface area is 149 Å². The molecule has 0 fully saturated rings. The first kappa shape index (κ1) is 15.6. The van der Waals surface area contributed by atoms with Crippen molar-refractivity contribution in [3.63, 3.8) is 0 Å². The zero-order valence-corrected chi connectivity index (χ0v) is 14.6. The number of fused-ring (bicyclic) bond motifs is 1. The Morgan fingerprint density at radius 2 is 1.88 bits per heavy atom. The number of carbonyl (C=O) groups is 1. The number of nitrogens with zero attached hydrogens (tertiary/aromatic N) is 2. The fourth-order valence-electron chi connectivity index (χ4n) is 2.88. The Balaban J connectivity index is 1.68. The van der Waals surface area contributed by atoms with Crippen LogP contribution in [0.5, 0.6) is 0 Å². The summed E-state index contributed by atoms with van der Waals surface area (Å²) in [5.74, 6) is -0.0105. The number of hydrogen-bond donors (Lipinski definition) is 1. The average Bonchev–Trinajstić information content (AvgIpc) is 3.27. The molecule has 25 heavy (non-hydrogen) atoms. The lowest BCUT2D eigenvalue weighted by Gasteiger charge is -2.17. The van der Waals surface area contributed by atoms with Gasteiger partial charge < -0.3 is 4.98 Å². The Hall–Kier alpha value is -2.92. The number of aromatic nitrogens is 2. The highest BCUT2D eigenvalue weighted by atomic mass is 32.1. The zero-order valence-electron chi connectivity index (χ0n) is 13.8. The van der Waals surface area contributed by atoms with Gasteiger partial charge in [0.15, 0.2) is 5.13 Å². The number of benzene rings is 2. The topological polar surface area (TPSA) is 49.0 Å². The first-order valence-electron chi connectivity index (χ1n) is 8.06. The molecule has 2 heterocycles. The smallest absolute Gasteiger partial charge is 0.225 e. The molecular formula is C20H17N3OS. The van der Waals surface area contributed by atoms with Gasteiger partial charge in [0.05, 0.1) is 12.2 Å². The predicted molar refractivity (Wildman–Crippen MR) is 103 cm³/mol. The molecule has 4 aromatic rings. The van der Waals surface area contributed by atoms with Crippen LogP contribution in [0.25, 0.3) is 22.2 Å². The third-order valence-electron chi connectivity index (χ3n) is 4.15. The second-order valence-electron chi connectivity index (χ2n) is 5.85. The van der Waals surface area contributed by atoms with Crippen molar-refractivity contribution in [3.8, 4) is 11.3 Å². The molecule has 0 saturated heterocycles. The van der Waals surface area contributed by atoms with E-state index in [0.29, 0.717) is 6.54 Å². The largest absolute Gasteiger partial charge is 0.360 e. The van der Waals surface area contributed by atoms with Crippen LogP contribution in [-0.4, -0.2) is 15.9 Å². The quantitative estimate of drug-likeness (QED) is 0.574. The van der Waals surface area contributed by atoms with Gasteiger partial charge in [0.1, 0.15) is 0 Å². The number of amides is 1. The molecule has 0 aliphatic rings. The number of hydrogen-bond acceptors (Lipinski definition) is 3. The van der Waals surface area contributed by atoms with E-state index in [0.717, 1.165) is 32.9 Å². The van der Waals surface area contributed by atoms with Gasteiger partial charge in [-0.05, 0) is 11.6 Å². The lowest BCUT2D eigenvalue weighted by molar-refractivity contribution is -0.116. The van der Waals surface area contributed by atoms with Crippen LogP contribution in [0.15, 0.2) is 66.2 Å². The number of aromatic amines is 1. The van der Waals surface area contributed by atoms with Gasteiger partial charge in [-0.2, -0.15) is 0 Å². The fraction of sp³-hybridized carbons (Fsp3) is 0.100. The van der Waals surface area contributed by atoms with Crippen LogP contribution in [0.1, 0.15) is 12.5 Å². The Morgan fingerprint density at radius 1 is 1.12 bits per heavy atom. The second-order valence-corrected chi connectivity index (χ2v) is 6.69. The molecule has 5 heteroatoms. The maximum Gasteiger partial charge on any atom is 0.225 e. The van der Waals surface area contributed by atoms with Crippen LogP contribution in [0.4, 0.5) is 5.13 Å². The third-order valence-corrected chi connectivity index (χ3v) is 5.02. The molecule has 0 bridgehead atoms. The van der Waals surface area contributed by atoms with Crippen LogP contribution in [0.3, 0.4) is 0 Å². The standard InChI is InChI=1S/C20H17N3OS/c1-14(24)23(12-15-7-3-2-4-8-15)20-22-19(13-25-20)17-11-21-18-10-6-5-9-16(17)18/h2-11,13,21H,12H2,1H3. The van der Waals surface area contributed by atoms with Crippen molar-refractivity contribution in [2.45, 2.75) is 13.5 Å². The van der Waals surface area contributed by atoms with Crippen molar-refractivity contribution in [1.29, 1.82) is 0 Å². The molecule has 0 radical (unpaired) electrons. The van der Waals surface area contributed by atoms with Gasteiger partial charge in [-0.3, -0.25) is 9.69 Å². The number of carbonyl (C=O) groups excluding carboxylic acids is 1. The predicted octanol–water partition coefficient (Wildman–Crippen LogP) is 4.84. The first-order chi connectivity index (χ1) is 12.2. The first-order valence-corrected chi connectivity index (χ1v) is 8.94. The maximum absolute atomic E-state index is 12.1. The third kappa shape index (κ3) is 3.06. The van der Waals surface area contributed by atoms with E-state index in [2.05, 4.69) is 11.1 Å². The van der Waals surface area contributed by atoms with Gasteiger partial charge in [0, 0.05) is 35.0 Å². The Kier molecular flexibility index (Phi) is 4.07. The molecule has 0 spiro atoms. The van der Waals surface area contributed by atoms with E-state index in [-0.39, 0.29) is 5.91 Å². The summed E-state index contributed by atoms with van der Waals surface area (Å²) in [6, 6.07) is 18.1. The molecule has 1 N–H and O–H groups in total. The number of nitrogens with one attached hydrogen (secondary N) is 1. The fourth-order valence-corrected chi connectivity index (χ4v) is 3.74. The summed E-state index contributed by atoms with van der Waals surface area (Å²) in [6.45, 7) is 2.10. The molecule has 4 nitrogen and oxygen atoms in total. The van der Waals surface area contributed by atoms with Gasteiger partial charge in [-0.1, -0.05) is 48.5 Å². The molecule has 0 aliphatic carbocycles. The van der Waals surface area contributed by atoms with Crippen molar-refractivity contribution in [2.24, 2.45) is 0 Å². The van der Waals surface area contributed by atoms with Crippen molar-refractivity contribution in [2.75, 3.05) is 4.90 Å². The van der Waals surface area contributed by atoms with Crippen LogP contribution < -0.4 is 4.90 Å². The molecular weight excluding hydrogens is 330 g/mol. The van der Waals surface area contributed by atoms with E-state index in [4.69, 9.17) is 4.98 Å². The van der Waals surface area contributed by atoms with Gasteiger partial charge >= 0.3 is 0 Å². The van der Waals surface area contributed by atoms with Gasteiger partial charge in [-0.15, -0.1) is 11.3 Å². The van der Waals surface area contributed by atoms with Crippen LogP contribution in [0.2, 0.25) is 0 Å². The number of para-hydroxylation sites is 1. The van der Waals surface area contributed by atoms with Crippen molar-refractivity contribution >= 4 is 33.3 Å². The van der Waals surface area contributed by atoms with E-state index >= 15 is 0 Å². The van der Waals surface area contributed by atoms with Crippen LogP contribution in [0, 0.1) is 0 Å². The number of H-pyrrole nitrogens is 1. The molecule has 1 amide bonds. The summed E-state index contributed by atoms with van der Waals surface area (Å²) in [5, 5.41) is 3.86. The molecule has 0 aliphatic heterocycles. The molecule has 2 aromatic heterocycles. The van der Waals surface area contributed by atoms with Crippen molar-refractivity contribution in [1.82, 2.24) is 9.97 Å². The minimum atomic E-state index is -0.0105. The molecule has 124 valence electrons. The number of anilines is 1. The summed E-state index contributed by atoms with van der Waals surface area (Å²) in [7, 11) is 0. The molecule has 0 saturated carbocycles. The summed E-state index contributed by atoms with van der Waals surface area (Å²) < 4.78 is 0. The lowest BCUT2D eigenvalue weighted by Crippen LogP contribution is -2.27. The summed E-state index contributed by atoms with van der Waals surface area (Å²) in [4.78, 5) is 21.9. The Morgan fingerprint density at radius 3 is 2.68 bits per heavy atom. The molecule has 2 aromatic carbocycles. The van der Waals surface area contributed by atoms with Crippen LogP contribution >= 0.6 is 11.3 Å². The molecule has 4 rings (SSSR count). The van der Waals surface area contributed by atoms with E-state index in [1.54, 1.807) is 11.8 Å². The van der Waals surface area contributed by atoms with E-state index < -0.39 is 0 Å².